The molecule has 1 heterocycles. The van der Waals surface area contributed by atoms with Crippen LogP contribution in [0.15, 0.2) is 9.95 Å². The van der Waals surface area contributed by atoms with E-state index < -0.39 is 11.2 Å². The Labute approximate surface area is 95.8 Å². The monoisotopic (exact) mass is 247 g/mol. The van der Waals surface area contributed by atoms with E-state index in [9.17, 15) is 9.59 Å². The van der Waals surface area contributed by atoms with E-state index in [0.29, 0.717) is 11.7 Å². The summed E-state index contributed by atoms with van der Waals surface area (Å²) < 4.78 is 6.16. The number of hydrogen-bond donors (Lipinski definition) is 2. The van der Waals surface area contributed by atoms with Gasteiger partial charge in [0, 0.05) is 13.7 Å². The molecule has 1 aromatic heterocycles. The van der Waals surface area contributed by atoms with Gasteiger partial charge in [-0.3, -0.25) is 9.36 Å². The van der Waals surface area contributed by atoms with Gasteiger partial charge in [-0.1, -0.05) is 11.8 Å². The van der Waals surface area contributed by atoms with E-state index in [1.807, 2.05) is 0 Å². The molecule has 0 radical (unpaired) electrons. The smallest absolute Gasteiger partial charge is 0.343 e. The summed E-state index contributed by atoms with van der Waals surface area (Å²) in [5.41, 5.74) is -0.341. The number of rotatable bonds is 6. The minimum atomic E-state index is -0.995. The van der Waals surface area contributed by atoms with Crippen LogP contribution in [0.5, 0.6) is 0 Å². The lowest BCUT2D eigenvalue weighted by Gasteiger charge is -2.09. The zero-order valence-corrected chi connectivity index (χ0v) is 9.78. The summed E-state index contributed by atoms with van der Waals surface area (Å²) in [5.74, 6) is -0.995. The van der Waals surface area contributed by atoms with Gasteiger partial charge in [0.1, 0.15) is 5.25 Å². The van der Waals surface area contributed by atoms with Crippen LogP contribution in [0.1, 0.15) is 6.92 Å². The molecule has 0 spiro atoms. The van der Waals surface area contributed by atoms with Crippen LogP contribution in [-0.2, 0) is 16.1 Å². The molecule has 0 aliphatic heterocycles. The molecule has 1 unspecified atom stereocenters. The Hall–Kier alpha value is -1.28. The molecule has 16 heavy (non-hydrogen) atoms. The topological polar surface area (TPSA) is 97.2 Å². The molecule has 0 bridgehead atoms. The molecule has 0 aromatic carbocycles. The van der Waals surface area contributed by atoms with Crippen LogP contribution in [-0.4, -0.2) is 44.8 Å². The van der Waals surface area contributed by atoms with E-state index in [-0.39, 0.29) is 12.3 Å². The summed E-state index contributed by atoms with van der Waals surface area (Å²) in [4.78, 5) is 22.1. The summed E-state index contributed by atoms with van der Waals surface area (Å²) >= 11 is 0.989. The number of hydrogen-bond acceptors (Lipinski definition) is 5. The van der Waals surface area contributed by atoms with E-state index in [1.165, 1.54) is 11.7 Å². The molecule has 1 rings (SSSR count). The molecule has 0 saturated heterocycles. The average Bonchev–Trinajstić information content (AvgIpc) is 2.58. The maximum absolute atomic E-state index is 11.2. The number of carboxylic acids is 1. The molecule has 8 heteroatoms. The van der Waals surface area contributed by atoms with Crippen LogP contribution >= 0.6 is 11.8 Å². The highest BCUT2D eigenvalue weighted by molar-refractivity contribution is 8.00. The predicted octanol–water partition coefficient (Wildman–Crippen LogP) is -0.217. The van der Waals surface area contributed by atoms with Gasteiger partial charge >= 0.3 is 11.7 Å². The maximum atomic E-state index is 11.2. The number of ether oxygens (including phenoxy) is 1. The summed E-state index contributed by atoms with van der Waals surface area (Å²) in [6, 6.07) is 0. The SMILES string of the molecule is CCn1c(SC(COC)C(=O)O)n[nH]c1=O. The molecular formula is C8H13N3O4S. The second-order valence-corrected chi connectivity index (χ2v) is 4.13. The highest BCUT2D eigenvalue weighted by Gasteiger charge is 2.22. The van der Waals surface area contributed by atoms with Crippen molar-refractivity contribution in [3.05, 3.63) is 10.5 Å². The van der Waals surface area contributed by atoms with Crippen molar-refractivity contribution in [1.29, 1.82) is 0 Å². The number of aromatic nitrogens is 3. The molecule has 0 saturated carbocycles. The predicted molar refractivity (Wildman–Crippen MR) is 57.7 cm³/mol. The number of methoxy groups -OCH3 is 1. The summed E-state index contributed by atoms with van der Waals surface area (Å²) in [6.45, 7) is 2.29. The minimum Gasteiger partial charge on any atom is -0.480 e. The highest BCUT2D eigenvalue weighted by Crippen LogP contribution is 2.20. The van der Waals surface area contributed by atoms with Gasteiger partial charge in [-0.05, 0) is 6.92 Å². The summed E-state index contributed by atoms with van der Waals surface area (Å²) in [7, 11) is 1.42. The number of carboxylic acid groups (broad SMARTS) is 1. The first-order valence-electron chi connectivity index (χ1n) is 4.63. The van der Waals surface area contributed by atoms with Gasteiger partial charge in [-0.25, -0.2) is 9.89 Å². The van der Waals surface area contributed by atoms with Crippen molar-refractivity contribution < 1.29 is 14.6 Å². The third kappa shape index (κ3) is 2.86. The molecule has 2 N–H and O–H groups in total. The van der Waals surface area contributed by atoms with Gasteiger partial charge in [0.05, 0.1) is 6.61 Å². The molecule has 1 aromatic rings. The first-order chi connectivity index (χ1) is 7.60. The van der Waals surface area contributed by atoms with E-state index in [0.717, 1.165) is 11.8 Å². The number of nitrogens with zero attached hydrogens (tertiary/aromatic N) is 2. The zero-order valence-electron chi connectivity index (χ0n) is 8.97. The van der Waals surface area contributed by atoms with Crippen molar-refractivity contribution in [1.82, 2.24) is 14.8 Å². The molecular weight excluding hydrogens is 234 g/mol. The van der Waals surface area contributed by atoms with Crippen LogP contribution in [0, 0.1) is 0 Å². The fourth-order valence-corrected chi connectivity index (χ4v) is 2.10. The molecule has 0 aliphatic rings. The van der Waals surface area contributed by atoms with Crippen molar-refractivity contribution in [2.75, 3.05) is 13.7 Å². The second-order valence-electron chi connectivity index (χ2n) is 2.96. The van der Waals surface area contributed by atoms with Gasteiger partial charge in [0.25, 0.3) is 0 Å². The van der Waals surface area contributed by atoms with Crippen molar-refractivity contribution in [3.63, 3.8) is 0 Å². The standard InChI is InChI=1S/C8H13N3O4S/c1-3-11-7(14)9-10-8(11)16-5(4-15-2)6(12)13/h5H,3-4H2,1-2H3,(H,9,14)(H,12,13). The second kappa shape index (κ2) is 5.71. The van der Waals surface area contributed by atoms with E-state index in [4.69, 9.17) is 9.84 Å². The zero-order chi connectivity index (χ0) is 12.1. The third-order valence-electron chi connectivity index (χ3n) is 1.88. The first kappa shape index (κ1) is 12.8. The Balaban J connectivity index is 2.84. The number of H-pyrrole nitrogens is 1. The number of aliphatic carboxylic acids is 1. The molecule has 0 fully saturated rings. The van der Waals surface area contributed by atoms with Crippen LogP contribution in [0.25, 0.3) is 0 Å². The largest absolute Gasteiger partial charge is 0.480 e. The Bertz CT molecular complexity index is 414. The fraction of sp³-hybridized carbons (Fsp3) is 0.625. The van der Waals surface area contributed by atoms with E-state index in [1.54, 1.807) is 6.92 Å². The maximum Gasteiger partial charge on any atom is 0.343 e. The van der Waals surface area contributed by atoms with Crippen LogP contribution in [0.2, 0.25) is 0 Å². The third-order valence-corrected chi connectivity index (χ3v) is 3.03. The number of carbonyl (C=O) groups is 1. The van der Waals surface area contributed by atoms with Gasteiger partial charge < -0.3 is 9.84 Å². The van der Waals surface area contributed by atoms with E-state index in [2.05, 4.69) is 10.2 Å². The van der Waals surface area contributed by atoms with Crippen molar-refractivity contribution in [2.45, 2.75) is 23.9 Å². The summed E-state index contributed by atoms with van der Waals surface area (Å²) in [6.07, 6.45) is 0. The minimum absolute atomic E-state index is 0.0603. The quantitative estimate of drug-likeness (QED) is 0.675. The Kier molecular flexibility index (Phi) is 4.56. The molecule has 7 nitrogen and oxygen atoms in total. The molecule has 0 amide bonds. The van der Waals surface area contributed by atoms with Gasteiger partial charge in [-0.2, -0.15) is 0 Å². The Morgan fingerprint density at radius 3 is 2.94 bits per heavy atom. The highest BCUT2D eigenvalue weighted by atomic mass is 32.2. The fourth-order valence-electron chi connectivity index (χ4n) is 1.11. The molecule has 0 aliphatic carbocycles. The van der Waals surface area contributed by atoms with Crippen molar-refractivity contribution in [2.24, 2.45) is 0 Å². The Morgan fingerprint density at radius 2 is 2.44 bits per heavy atom. The lowest BCUT2D eigenvalue weighted by atomic mass is 10.5. The lowest BCUT2D eigenvalue weighted by Crippen LogP contribution is -2.23. The molecule has 1 atom stereocenters. The lowest BCUT2D eigenvalue weighted by molar-refractivity contribution is -0.137. The van der Waals surface area contributed by atoms with Gasteiger partial charge in [0.15, 0.2) is 5.16 Å². The first-order valence-corrected chi connectivity index (χ1v) is 5.51. The van der Waals surface area contributed by atoms with Crippen molar-refractivity contribution in [3.8, 4) is 0 Å². The number of aromatic amines is 1. The number of nitrogens with one attached hydrogen (secondary N) is 1. The Morgan fingerprint density at radius 1 is 1.75 bits per heavy atom. The van der Waals surface area contributed by atoms with Gasteiger partial charge in [-0.15, -0.1) is 5.10 Å². The molecule has 90 valence electrons. The summed E-state index contributed by atoms with van der Waals surface area (Å²) in [5, 5.41) is 14.5. The number of thioether (sulfide) groups is 1. The van der Waals surface area contributed by atoms with Crippen molar-refractivity contribution >= 4 is 17.7 Å². The normalized spacial score (nSPS) is 12.6. The van der Waals surface area contributed by atoms with Crippen LogP contribution in [0.4, 0.5) is 0 Å². The van der Waals surface area contributed by atoms with Crippen LogP contribution in [0.3, 0.4) is 0 Å². The van der Waals surface area contributed by atoms with Gasteiger partial charge in [0.2, 0.25) is 0 Å². The average molecular weight is 247 g/mol. The van der Waals surface area contributed by atoms with Crippen LogP contribution < -0.4 is 5.69 Å². The van der Waals surface area contributed by atoms with E-state index >= 15 is 0 Å².